The highest BCUT2D eigenvalue weighted by molar-refractivity contribution is 6.04. The number of ketones is 1. The monoisotopic (exact) mass is 468 g/mol. The van der Waals surface area contributed by atoms with Gasteiger partial charge in [0.1, 0.15) is 17.2 Å². The van der Waals surface area contributed by atoms with E-state index < -0.39 is 5.92 Å². The quantitative estimate of drug-likeness (QED) is 0.436. The van der Waals surface area contributed by atoms with Gasteiger partial charge in [0.05, 0.1) is 48.6 Å². The first kappa shape index (κ1) is 24.6. The van der Waals surface area contributed by atoms with E-state index in [2.05, 4.69) is 0 Å². The lowest BCUT2D eigenvalue weighted by molar-refractivity contribution is 0.0971. The number of carbonyl (C=O) groups excluding carboxylic acids is 1. The number of Topliss-reactive ketones (excluding diaryl/α,β-unsaturated/α-hetero) is 1. The fourth-order valence-electron chi connectivity index (χ4n) is 3.80. The molecule has 0 bridgehead atoms. The van der Waals surface area contributed by atoms with Gasteiger partial charge in [-0.05, 0) is 36.4 Å². The van der Waals surface area contributed by atoms with Gasteiger partial charge in [0, 0.05) is 28.8 Å². The molecule has 34 heavy (non-hydrogen) atoms. The molecule has 1 N–H and O–H groups in total. The third-order valence-corrected chi connectivity index (χ3v) is 5.51. The molecular formula is C26H28O8. The molecule has 0 aliphatic rings. The van der Waals surface area contributed by atoms with Crippen LogP contribution >= 0.6 is 0 Å². The lowest BCUT2D eigenvalue weighted by Gasteiger charge is -2.24. The maximum absolute atomic E-state index is 14.0. The predicted octanol–water partition coefficient (Wildman–Crippen LogP) is 4.46. The first-order valence-electron chi connectivity index (χ1n) is 10.3. The van der Waals surface area contributed by atoms with Gasteiger partial charge in [-0.2, -0.15) is 0 Å². The van der Waals surface area contributed by atoms with E-state index in [1.165, 1.54) is 54.8 Å². The largest absolute Gasteiger partial charge is 0.508 e. The SMILES string of the molecule is COc1cc(OC)c(C(C(=O)c2ccc(O)cc2)c2cc(OC)c(OC)cc2OC)cc1OC. The molecule has 3 aromatic rings. The third kappa shape index (κ3) is 4.66. The molecule has 0 aliphatic carbocycles. The minimum atomic E-state index is -0.881. The maximum Gasteiger partial charge on any atom is 0.174 e. The van der Waals surface area contributed by atoms with Crippen LogP contribution in [0.1, 0.15) is 27.4 Å². The van der Waals surface area contributed by atoms with Crippen molar-refractivity contribution in [3.05, 3.63) is 65.2 Å². The predicted molar refractivity (Wildman–Crippen MR) is 126 cm³/mol. The number of phenolic OH excluding ortho intramolecular Hbond substituents is 1. The lowest BCUT2D eigenvalue weighted by atomic mass is 9.83. The van der Waals surface area contributed by atoms with E-state index in [9.17, 15) is 9.90 Å². The summed E-state index contributed by atoms with van der Waals surface area (Å²) in [4.78, 5) is 14.0. The number of ether oxygens (including phenoxy) is 6. The fourth-order valence-corrected chi connectivity index (χ4v) is 3.80. The van der Waals surface area contributed by atoms with Crippen molar-refractivity contribution in [2.24, 2.45) is 0 Å². The van der Waals surface area contributed by atoms with Crippen LogP contribution in [0.3, 0.4) is 0 Å². The lowest BCUT2D eigenvalue weighted by Crippen LogP contribution is -2.17. The Morgan fingerprint density at radius 2 is 0.941 bits per heavy atom. The van der Waals surface area contributed by atoms with Crippen LogP contribution in [0.2, 0.25) is 0 Å². The molecule has 0 heterocycles. The van der Waals surface area contributed by atoms with Gasteiger partial charge in [-0.15, -0.1) is 0 Å². The third-order valence-electron chi connectivity index (χ3n) is 5.51. The Labute approximate surface area is 198 Å². The number of carbonyl (C=O) groups is 1. The molecule has 8 nitrogen and oxygen atoms in total. The fraction of sp³-hybridized carbons (Fsp3) is 0.269. The zero-order chi connectivity index (χ0) is 24.8. The molecule has 0 saturated heterocycles. The van der Waals surface area contributed by atoms with E-state index in [0.717, 1.165) is 0 Å². The minimum Gasteiger partial charge on any atom is -0.508 e. The first-order chi connectivity index (χ1) is 16.4. The summed E-state index contributed by atoms with van der Waals surface area (Å²) >= 11 is 0. The molecule has 0 aliphatic heterocycles. The van der Waals surface area contributed by atoms with Crippen molar-refractivity contribution in [1.82, 2.24) is 0 Å². The average Bonchev–Trinajstić information content (AvgIpc) is 2.88. The van der Waals surface area contributed by atoms with Crippen LogP contribution in [0.25, 0.3) is 0 Å². The second-order valence-electron chi connectivity index (χ2n) is 7.24. The molecule has 3 aromatic carbocycles. The highest BCUT2D eigenvalue weighted by atomic mass is 16.5. The van der Waals surface area contributed by atoms with E-state index >= 15 is 0 Å². The summed E-state index contributed by atoms with van der Waals surface area (Å²) in [6.45, 7) is 0. The van der Waals surface area contributed by atoms with Crippen molar-refractivity contribution in [3.63, 3.8) is 0 Å². The second kappa shape index (κ2) is 10.7. The molecule has 0 unspecified atom stereocenters. The van der Waals surface area contributed by atoms with Gasteiger partial charge in [0.2, 0.25) is 0 Å². The highest BCUT2D eigenvalue weighted by Gasteiger charge is 2.32. The Kier molecular flexibility index (Phi) is 7.73. The number of aromatic hydroxyl groups is 1. The van der Waals surface area contributed by atoms with Crippen molar-refractivity contribution in [3.8, 4) is 40.2 Å². The zero-order valence-corrected chi connectivity index (χ0v) is 20.0. The van der Waals surface area contributed by atoms with Crippen LogP contribution in [-0.2, 0) is 0 Å². The van der Waals surface area contributed by atoms with E-state index in [0.29, 0.717) is 51.2 Å². The first-order valence-corrected chi connectivity index (χ1v) is 10.3. The van der Waals surface area contributed by atoms with Crippen LogP contribution in [-0.4, -0.2) is 53.5 Å². The number of methoxy groups -OCH3 is 6. The van der Waals surface area contributed by atoms with Crippen molar-refractivity contribution in [2.45, 2.75) is 5.92 Å². The van der Waals surface area contributed by atoms with Crippen molar-refractivity contribution >= 4 is 5.78 Å². The molecule has 0 amide bonds. The van der Waals surface area contributed by atoms with Gasteiger partial charge in [-0.3, -0.25) is 4.79 Å². The van der Waals surface area contributed by atoms with Crippen LogP contribution in [0.4, 0.5) is 0 Å². The van der Waals surface area contributed by atoms with Crippen molar-refractivity contribution < 1.29 is 38.3 Å². The molecule has 3 rings (SSSR count). The summed E-state index contributed by atoms with van der Waals surface area (Å²) in [5.74, 6) is 1.54. The summed E-state index contributed by atoms with van der Waals surface area (Å²) in [6.07, 6.45) is 0. The number of benzene rings is 3. The van der Waals surface area contributed by atoms with E-state index in [4.69, 9.17) is 28.4 Å². The van der Waals surface area contributed by atoms with E-state index in [-0.39, 0.29) is 11.5 Å². The minimum absolute atomic E-state index is 0.0560. The average molecular weight is 469 g/mol. The molecule has 8 heteroatoms. The van der Waals surface area contributed by atoms with Gasteiger partial charge in [-0.1, -0.05) is 0 Å². The second-order valence-corrected chi connectivity index (χ2v) is 7.24. The van der Waals surface area contributed by atoms with Crippen LogP contribution in [0.15, 0.2) is 48.5 Å². The summed E-state index contributed by atoms with van der Waals surface area (Å²) in [7, 11) is 9.10. The Morgan fingerprint density at radius 1 is 0.588 bits per heavy atom. The van der Waals surface area contributed by atoms with E-state index in [1.807, 2.05) is 0 Å². The zero-order valence-electron chi connectivity index (χ0n) is 20.0. The number of hydrogen-bond donors (Lipinski definition) is 1. The van der Waals surface area contributed by atoms with Gasteiger partial charge in [-0.25, -0.2) is 0 Å². The molecule has 0 saturated carbocycles. The number of rotatable bonds is 10. The van der Waals surface area contributed by atoms with E-state index in [1.54, 1.807) is 36.4 Å². The molecule has 0 aromatic heterocycles. The van der Waals surface area contributed by atoms with Crippen molar-refractivity contribution in [1.29, 1.82) is 0 Å². The Balaban J connectivity index is 2.35. The summed E-state index contributed by atoms with van der Waals surface area (Å²) in [5.41, 5.74) is 1.45. The molecule has 0 spiro atoms. The number of phenols is 1. The maximum atomic E-state index is 14.0. The Morgan fingerprint density at radius 3 is 1.29 bits per heavy atom. The van der Waals surface area contributed by atoms with Crippen LogP contribution in [0, 0.1) is 0 Å². The van der Waals surface area contributed by atoms with Crippen LogP contribution < -0.4 is 28.4 Å². The standard InChI is InChI=1S/C26H28O8/c1-29-19-13-23(33-5)21(31-3)11-17(19)25(26(28)15-7-9-16(27)10-8-15)18-12-22(32-4)24(34-6)14-20(18)30-2/h7-14,25,27H,1-6H3. The summed E-state index contributed by atoms with van der Waals surface area (Å²) < 4.78 is 33.1. The normalized spacial score (nSPS) is 10.6. The Hall–Kier alpha value is -4.07. The smallest absolute Gasteiger partial charge is 0.174 e. The van der Waals surface area contributed by atoms with Gasteiger partial charge in [0.15, 0.2) is 28.8 Å². The summed E-state index contributed by atoms with van der Waals surface area (Å²) in [5, 5.41) is 9.72. The highest BCUT2D eigenvalue weighted by Crippen LogP contribution is 2.46. The molecule has 0 atom stereocenters. The molecular weight excluding hydrogens is 440 g/mol. The molecule has 0 radical (unpaired) electrons. The Bertz CT molecular complexity index is 1090. The topological polar surface area (TPSA) is 92.7 Å². The van der Waals surface area contributed by atoms with Gasteiger partial charge in [0.25, 0.3) is 0 Å². The summed E-state index contributed by atoms with van der Waals surface area (Å²) in [6, 6.07) is 12.8. The van der Waals surface area contributed by atoms with Crippen LogP contribution in [0.5, 0.6) is 40.2 Å². The molecule has 180 valence electrons. The molecule has 0 fully saturated rings. The van der Waals surface area contributed by atoms with Gasteiger partial charge >= 0.3 is 0 Å². The van der Waals surface area contributed by atoms with Crippen molar-refractivity contribution in [2.75, 3.05) is 42.7 Å². The van der Waals surface area contributed by atoms with Gasteiger partial charge < -0.3 is 33.5 Å². The number of hydrogen-bond acceptors (Lipinski definition) is 8.